The van der Waals surface area contributed by atoms with Crippen molar-refractivity contribution < 1.29 is 22.7 Å². The summed E-state index contributed by atoms with van der Waals surface area (Å²) in [4.78, 5) is 13.9. The van der Waals surface area contributed by atoms with Crippen molar-refractivity contribution in [1.82, 2.24) is 4.90 Å². The highest BCUT2D eigenvalue weighted by molar-refractivity contribution is 5.74. The molecule has 21 heavy (non-hydrogen) atoms. The number of ether oxygens (including phenoxy) is 1. The molecule has 0 aliphatic carbocycles. The van der Waals surface area contributed by atoms with Crippen LogP contribution in [0.5, 0.6) is 0 Å². The zero-order valence-electron chi connectivity index (χ0n) is 12.0. The molecule has 1 aromatic rings. The van der Waals surface area contributed by atoms with Gasteiger partial charge in [-0.15, -0.1) is 0 Å². The van der Waals surface area contributed by atoms with Gasteiger partial charge < -0.3 is 9.64 Å². The van der Waals surface area contributed by atoms with E-state index in [1.54, 1.807) is 0 Å². The van der Waals surface area contributed by atoms with Crippen LogP contribution in [0.15, 0.2) is 24.3 Å². The van der Waals surface area contributed by atoms with Gasteiger partial charge in [-0.1, -0.05) is 12.1 Å². The quantitative estimate of drug-likeness (QED) is 0.787. The van der Waals surface area contributed by atoms with E-state index in [4.69, 9.17) is 4.74 Å². The molecule has 1 aliphatic heterocycles. The van der Waals surface area contributed by atoms with Crippen LogP contribution in [0.2, 0.25) is 0 Å². The van der Waals surface area contributed by atoms with Crippen molar-refractivity contribution in [2.45, 2.75) is 18.5 Å². The minimum atomic E-state index is -4.34. The Kier molecular flexibility index (Phi) is 4.56. The number of hydrogen-bond donors (Lipinski definition) is 0. The highest BCUT2D eigenvalue weighted by atomic mass is 19.4. The van der Waals surface area contributed by atoms with Gasteiger partial charge >= 0.3 is 12.1 Å². The molecule has 116 valence electrons. The largest absolute Gasteiger partial charge is 0.469 e. The predicted octanol–water partition coefficient (Wildman–Crippen LogP) is 2.91. The molecule has 1 saturated heterocycles. The van der Waals surface area contributed by atoms with Gasteiger partial charge in [-0.3, -0.25) is 4.79 Å². The second kappa shape index (κ2) is 6.05. The minimum absolute atomic E-state index is 0.101. The fourth-order valence-corrected chi connectivity index (χ4v) is 2.82. The summed E-state index contributed by atoms with van der Waals surface area (Å²) in [6.07, 6.45) is -3.62. The van der Waals surface area contributed by atoms with E-state index in [0.29, 0.717) is 6.54 Å². The van der Waals surface area contributed by atoms with Gasteiger partial charge in [-0.05, 0) is 43.6 Å². The van der Waals surface area contributed by atoms with Crippen molar-refractivity contribution in [2.24, 2.45) is 5.92 Å². The van der Waals surface area contributed by atoms with Gasteiger partial charge in [0.05, 0.1) is 18.6 Å². The average molecular weight is 301 g/mol. The predicted molar refractivity (Wildman–Crippen MR) is 71.8 cm³/mol. The highest BCUT2D eigenvalue weighted by Crippen LogP contribution is 2.35. The maximum absolute atomic E-state index is 12.6. The van der Waals surface area contributed by atoms with Crippen LogP contribution in [0.1, 0.15) is 23.5 Å². The number of alkyl halides is 3. The van der Waals surface area contributed by atoms with Crippen molar-refractivity contribution >= 4 is 5.97 Å². The topological polar surface area (TPSA) is 29.5 Å². The Morgan fingerprint density at radius 2 is 1.90 bits per heavy atom. The monoisotopic (exact) mass is 301 g/mol. The number of likely N-dealkylation sites (tertiary alicyclic amines) is 1. The third-order valence-electron chi connectivity index (χ3n) is 3.99. The van der Waals surface area contributed by atoms with E-state index in [-0.39, 0.29) is 17.8 Å². The zero-order valence-corrected chi connectivity index (χ0v) is 12.0. The number of carbonyl (C=O) groups excluding carboxylic acids is 1. The standard InChI is InChI=1S/C15H18F3NO2/c1-19-8-7-12(13(9-19)14(20)21-2)10-3-5-11(6-4-10)15(16,17)18/h3-6,12-13H,7-9H2,1-2H3. The first-order valence-electron chi connectivity index (χ1n) is 6.76. The summed E-state index contributed by atoms with van der Waals surface area (Å²) in [5.41, 5.74) is 0.0836. The second-order valence-corrected chi connectivity index (χ2v) is 5.41. The van der Waals surface area contributed by atoms with E-state index in [1.165, 1.54) is 19.2 Å². The summed E-state index contributed by atoms with van der Waals surface area (Å²) < 4.78 is 42.6. The molecule has 2 atom stereocenters. The average Bonchev–Trinajstić information content (AvgIpc) is 2.45. The van der Waals surface area contributed by atoms with E-state index in [2.05, 4.69) is 0 Å². The molecular formula is C15H18F3NO2. The highest BCUT2D eigenvalue weighted by Gasteiger charge is 2.36. The molecule has 0 spiro atoms. The van der Waals surface area contributed by atoms with Crippen LogP contribution >= 0.6 is 0 Å². The number of nitrogens with zero attached hydrogens (tertiary/aromatic N) is 1. The Morgan fingerprint density at radius 1 is 1.29 bits per heavy atom. The van der Waals surface area contributed by atoms with Crippen LogP contribution < -0.4 is 0 Å². The van der Waals surface area contributed by atoms with Gasteiger partial charge in [0.2, 0.25) is 0 Å². The van der Waals surface area contributed by atoms with Crippen molar-refractivity contribution in [3.05, 3.63) is 35.4 Å². The van der Waals surface area contributed by atoms with Gasteiger partial charge in [0, 0.05) is 6.54 Å². The molecule has 0 radical (unpaired) electrons. The Morgan fingerprint density at radius 3 is 2.43 bits per heavy atom. The maximum atomic E-state index is 12.6. The summed E-state index contributed by atoms with van der Waals surface area (Å²) in [5, 5.41) is 0. The first-order chi connectivity index (χ1) is 9.82. The number of benzene rings is 1. The number of rotatable bonds is 2. The van der Waals surface area contributed by atoms with Crippen molar-refractivity contribution in [2.75, 3.05) is 27.2 Å². The molecule has 0 saturated carbocycles. The summed E-state index contributed by atoms with van der Waals surface area (Å²) >= 11 is 0. The van der Waals surface area contributed by atoms with Gasteiger partial charge in [0.1, 0.15) is 0 Å². The molecule has 0 amide bonds. The molecular weight excluding hydrogens is 283 g/mol. The smallest absolute Gasteiger partial charge is 0.416 e. The van der Waals surface area contributed by atoms with Gasteiger partial charge in [0.25, 0.3) is 0 Å². The lowest BCUT2D eigenvalue weighted by atomic mass is 9.80. The first-order valence-corrected chi connectivity index (χ1v) is 6.76. The number of hydrogen-bond acceptors (Lipinski definition) is 3. The molecule has 1 aromatic carbocycles. The SMILES string of the molecule is COC(=O)C1CN(C)CCC1c1ccc(C(F)(F)F)cc1. The van der Waals surface area contributed by atoms with Gasteiger partial charge in [0.15, 0.2) is 0 Å². The summed E-state index contributed by atoms with van der Waals surface area (Å²) in [6.45, 7) is 1.36. The Balaban J connectivity index is 2.24. The molecule has 2 unspecified atom stereocenters. The van der Waals surface area contributed by atoms with Crippen LogP contribution in [0.25, 0.3) is 0 Å². The van der Waals surface area contributed by atoms with Crippen LogP contribution in [-0.4, -0.2) is 38.1 Å². The van der Waals surface area contributed by atoms with E-state index in [1.807, 2.05) is 11.9 Å². The van der Waals surface area contributed by atoms with Crippen LogP contribution in [0, 0.1) is 5.92 Å². The maximum Gasteiger partial charge on any atom is 0.416 e. The lowest BCUT2D eigenvalue weighted by molar-refractivity contribution is -0.148. The third kappa shape index (κ3) is 3.56. The Hall–Kier alpha value is -1.56. The second-order valence-electron chi connectivity index (χ2n) is 5.41. The molecule has 3 nitrogen and oxygen atoms in total. The summed E-state index contributed by atoms with van der Waals surface area (Å²) in [6, 6.07) is 5.08. The van der Waals surface area contributed by atoms with Gasteiger partial charge in [-0.2, -0.15) is 13.2 Å². The lowest BCUT2D eigenvalue weighted by Crippen LogP contribution is -2.41. The van der Waals surface area contributed by atoms with E-state index < -0.39 is 11.7 Å². The van der Waals surface area contributed by atoms with E-state index in [9.17, 15) is 18.0 Å². The van der Waals surface area contributed by atoms with E-state index >= 15 is 0 Å². The molecule has 2 rings (SSSR count). The summed E-state index contributed by atoms with van der Waals surface area (Å²) in [7, 11) is 3.25. The number of carbonyl (C=O) groups is 1. The number of esters is 1. The fourth-order valence-electron chi connectivity index (χ4n) is 2.82. The van der Waals surface area contributed by atoms with Gasteiger partial charge in [-0.25, -0.2) is 0 Å². The number of methoxy groups -OCH3 is 1. The molecule has 1 heterocycles. The zero-order chi connectivity index (χ0) is 15.6. The molecule has 0 aromatic heterocycles. The van der Waals surface area contributed by atoms with Crippen LogP contribution in [0.3, 0.4) is 0 Å². The number of piperidine rings is 1. The molecule has 0 bridgehead atoms. The van der Waals surface area contributed by atoms with E-state index in [0.717, 1.165) is 30.7 Å². The molecule has 1 aliphatic rings. The molecule has 0 N–H and O–H groups in total. The number of halogens is 3. The fraction of sp³-hybridized carbons (Fsp3) is 0.533. The summed E-state index contributed by atoms with van der Waals surface area (Å²) in [5.74, 6) is -0.757. The lowest BCUT2D eigenvalue weighted by Gasteiger charge is -2.35. The normalized spacial score (nSPS) is 23.9. The first kappa shape index (κ1) is 15.8. The minimum Gasteiger partial charge on any atom is -0.469 e. The Bertz CT molecular complexity index is 499. The van der Waals surface area contributed by atoms with Crippen LogP contribution in [0.4, 0.5) is 13.2 Å². The van der Waals surface area contributed by atoms with Crippen molar-refractivity contribution in [3.63, 3.8) is 0 Å². The van der Waals surface area contributed by atoms with Crippen molar-refractivity contribution in [3.8, 4) is 0 Å². The molecule has 6 heteroatoms. The Labute approximate surface area is 121 Å². The van der Waals surface area contributed by atoms with Crippen molar-refractivity contribution in [1.29, 1.82) is 0 Å². The van der Waals surface area contributed by atoms with Crippen LogP contribution in [-0.2, 0) is 15.7 Å². The molecule has 1 fully saturated rings. The third-order valence-corrected chi connectivity index (χ3v) is 3.99.